The molecule has 2 heterocycles. The molecule has 0 amide bonds. The summed E-state index contributed by atoms with van der Waals surface area (Å²) in [6, 6.07) is 4.66. The van der Waals surface area contributed by atoms with E-state index in [0.29, 0.717) is 32.2 Å². The predicted molar refractivity (Wildman–Crippen MR) is 94.0 cm³/mol. The molecule has 1 aliphatic heterocycles. The van der Waals surface area contributed by atoms with Crippen molar-refractivity contribution in [2.75, 3.05) is 36.0 Å². The molecule has 0 unspecified atom stereocenters. The number of halogens is 3. The normalized spacial score (nSPS) is 15.9. The highest BCUT2D eigenvalue weighted by atomic mass is 32.2. The molecule has 1 saturated heterocycles. The van der Waals surface area contributed by atoms with Crippen LogP contribution in [0.4, 0.5) is 24.7 Å². The number of nitrogens with zero attached hydrogens (tertiary/aromatic N) is 4. The Morgan fingerprint density at radius 3 is 2.22 bits per heavy atom. The Hall–Kier alpha value is -2.40. The first-order chi connectivity index (χ1) is 12.6. The molecule has 0 saturated carbocycles. The van der Waals surface area contributed by atoms with Gasteiger partial charge in [0.25, 0.3) is 0 Å². The van der Waals surface area contributed by atoms with Gasteiger partial charge >= 0.3 is 6.18 Å². The average Bonchev–Trinajstić information content (AvgIpc) is 2.60. The molecule has 1 fully saturated rings. The number of anilines is 2. The molecule has 3 rings (SSSR count). The number of primary sulfonamides is 1. The maximum absolute atomic E-state index is 13.5. The van der Waals surface area contributed by atoms with Gasteiger partial charge in [-0.2, -0.15) is 13.2 Å². The third-order valence-electron chi connectivity index (χ3n) is 4.34. The lowest BCUT2D eigenvalue weighted by Crippen LogP contribution is -2.47. The fourth-order valence-electron chi connectivity index (χ4n) is 2.98. The molecule has 0 spiro atoms. The van der Waals surface area contributed by atoms with Crippen molar-refractivity contribution in [3.8, 4) is 0 Å². The highest BCUT2D eigenvalue weighted by molar-refractivity contribution is 7.89. The first-order valence-electron chi connectivity index (χ1n) is 8.08. The molecule has 0 radical (unpaired) electrons. The summed E-state index contributed by atoms with van der Waals surface area (Å²) >= 11 is 0. The quantitative estimate of drug-likeness (QED) is 0.843. The van der Waals surface area contributed by atoms with E-state index in [1.54, 1.807) is 4.90 Å². The van der Waals surface area contributed by atoms with Gasteiger partial charge in [-0.1, -0.05) is 0 Å². The molecule has 0 aliphatic carbocycles. The summed E-state index contributed by atoms with van der Waals surface area (Å²) < 4.78 is 63.2. The summed E-state index contributed by atoms with van der Waals surface area (Å²) in [6.07, 6.45) is -3.25. The molecule has 11 heteroatoms. The second kappa shape index (κ2) is 6.97. The van der Waals surface area contributed by atoms with E-state index in [-0.39, 0.29) is 5.69 Å². The summed E-state index contributed by atoms with van der Waals surface area (Å²) in [4.78, 5) is 11.2. The van der Waals surface area contributed by atoms with Crippen LogP contribution in [-0.2, 0) is 16.2 Å². The van der Waals surface area contributed by atoms with E-state index < -0.39 is 26.7 Å². The molecule has 2 N–H and O–H groups in total. The third-order valence-corrected chi connectivity index (χ3v) is 5.25. The van der Waals surface area contributed by atoms with E-state index >= 15 is 0 Å². The van der Waals surface area contributed by atoms with Gasteiger partial charge in [-0.25, -0.2) is 23.5 Å². The first-order valence-corrected chi connectivity index (χ1v) is 9.63. The second-order valence-electron chi connectivity index (χ2n) is 6.21. The Balaban J connectivity index is 1.85. The molecule has 0 atom stereocenters. The van der Waals surface area contributed by atoms with Crippen LogP contribution in [0, 0.1) is 6.92 Å². The van der Waals surface area contributed by atoms with Gasteiger partial charge in [0, 0.05) is 43.6 Å². The fourth-order valence-corrected chi connectivity index (χ4v) is 3.52. The topological polar surface area (TPSA) is 92.4 Å². The molecular weight excluding hydrogens is 383 g/mol. The number of rotatable bonds is 3. The van der Waals surface area contributed by atoms with Gasteiger partial charge in [0.1, 0.15) is 12.1 Å². The van der Waals surface area contributed by atoms with Crippen molar-refractivity contribution >= 4 is 21.5 Å². The number of sulfonamides is 1. The summed E-state index contributed by atoms with van der Waals surface area (Å²) in [7, 11) is -4.22. The zero-order valence-corrected chi connectivity index (χ0v) is 15.3. The van der Waals surface area contributed by atoms with Crippen molar-refractivity contribution in [1.29, 1.82) is 0 Å². The Morgan fingerprint density at radius 2 is 1.67 bits per heavy atom. The Bertz CT molecular complexity index is 941. The van der Waals surface area contributed by atoms with Crippen LogP contribution in [0.25, 0.3) is 0 Å². The Kier molecular flexibility index (Phi) is 5.00. The minimum Gasteiger partial charge on any atom is -0.367 e. The van der Waals surface area contributed by atoms with Gasteiger partial charge in [-0.05, 0) is 25.1 Å². The lowest BCUT2D eigenvalue weighted by atomic mass is 10.1. The molecule has 27 heavy (non-hydrogen) atoms. The van der Waals surface area contributed by atoms with Crippen LogP contribution < -0.4 is 14.9 Å². The number of hydrogen-bond donors (Lipinski definition) is 1. The van der Waals surface area contributed by atoms with Crippen molar-refractivity contribution in [2.45, 2.75) is 18.0 Å². The molecule has 1 aliphatic rings. The maximum atomic E-state index is 13.5. The minimum atomic E-state index is -4.70. The number of alkyl halides is 3. The van der Waals surface area contributed by atoms with Crippen molar-refractivity contribution in [1.82, 2.24) is 9.97 Å². The second-order valence-corrected chi connectivity index (χ2v) is 7.77. The number of hydrogen-bond acceptors (Lipinski definition) is 6. The van der Waals surface area contributed by atoms with Gasteiger partial charge in [0.15, 0.2) is 0 Å². The van der Waals surface area contributed by atoms with Crippen LogP contribution in [0.5, 0.6) is 0 Å². The van der Waals surface area contributed by atoms with Crippen molar-refractivity contribution in [2.24, 2.45) is 5.14 Å². The third kappa shape index (κ3) is 4.30. The van der Waals surface area contributed by atoms with E-state index in [4.69, 9.17) is 5.14 Å². The number of aromatic nitrogens is 2. The van der Waals surface area contributed by atoms with Crippen LogP contribution in [0.15, 0.2) is 35.5 Å². The number of nitrogens with two attached hydrogens (primary N) is 1. The molecule has 2 aromatic rings. The number of aryl methyl sites for hydroxylation is 1. The van der Waals surface area contributed by atoms with Crippen LogP contribution >= 0.6 is 0 Å². The largest absolute Gasteiger partial charge is 0.418 e. The molecule has 1 aromatic carbocycles. The van der Waals surface area contributed by atoms with Crippen LogP contribution in [0.1, 0.15) is 11.3 Å². The summed E-state index contributed by atoms with van der Waals surface area (Å²) in [5.74, 6) is 0.725. The van der Waals surface area contributed by atoms with Gasteiger partial charge in [0.05, 0.1) is 10.5 Å². The highest BCUT2D eigenvalue weighted by Crippen LogP contribution is 2.38. The van der Waals surface area contributed by atoms with E-state index in [1.165, 1.54) is 6.33 Å². The molecule has 7 nitrogen and oxygen atoms in total. The van der Waals surface area contributed by atoms with Crippen LogP contribution in [0.2, 0.25) is 0 Å². The van der Waals surface area contributed by atoms with Crippen molar-refractivity contribution in [3.05, 3.63) is 41.9 Å². The summed E-state index contributed by atoms with van der Waals surface area (Å²) in [5, 5.41) is 4.96. The van der Waals surface area contributed by atoms with E-state index in [9.17, 15) is 21.6 Å². The van der Waals surface area contributed by atoms with Crippen LogP contribution in [0.3, 0.4) is 0 Å². The number of benzene rings is 1. The van der Waals surface area contributed by atoms with E-state index in [2.05, 4.69) is 9.97 Å². The summed E-state index contributed by atoms with van der Waals surface area (Å²) in [5.41, 5.74) is -0.269. The molecular formula is C16H18F3N5O2S. The zero-order chi connectivity index (χ0) is 19.8. The molecule has 1 aromatic heterocycles. The summed E-state index contributed by atoms with van der Waals surface area (Å²) in [6.45, 7) is 3.46. The zero-order valence-electron chi connectivity index (χ0n) is 14.4. The van der Waals surface area contributed by atoms with E-state index in [1.807, 2.05) is 17.9 Å². The van der Waals surface area contributed by atoms with Crippen molar-refractivity contribution in [3.63, 3.8) is 0 Å². The average molecular weight is 401 g/mol. The Labute approximate surface area is 154 Å². The fraction of sp³-hybridized carbons (Fsp3) is 0.375. The van der Waals surface area contributed by atoms with Gasteiger partial charge in [-0.3, -0.25) is 0 Å². The van der Waals surface area contributed by atoms with Gasteiger partial charge in [-0.15, -0.1) is 0 Å². The number of piperazine rings is 1. The monoisotopic (exact) mass is 401 g/mol. The predicted octanol–water partition coefficient (Wildman–Crippen LogP) is 1.78. The molecule has 146 valence electrons. The van der Waals surface area contributed by atoms with Crippen LogP contribution in [-0.4, -0.2) is 44.6 Å². The maximum Gasteiger partial charge on any atom is 0.418 e. The van der Waals surface area contributed by atoms with Gasteiger partial charge < -0.3 is 9.80 Å². The van der Waals surface area contributed by atoms with E-state index in [0.717, 1.165) is 23.6 Å². The first kappa shape index (κ1) is 19.4. The standard InChI is InChI=1S/C16H18F3N5O2S/c1-11-8-15(22-10-21-11)24-6-4-23(5-7-24)14-3-2-12(27(20,25)26)9-13(14)16(17,18)19/h2-3,8-10H,4-7H2,1H3,(H2,20,25,26). The SMILES string of the molecule is Cc1cc(N2CCN(c3ccc(S(N)(=O)=O)cc3C(F)(F)F)CC2)ncn1. The highest BCUT2D eigenvalue weighted by Gasteiger charge is 2.36. The van der Waals surface area contributed by atoms with Gasteiger partial charge in [0.2, 0.25) is 10.0 Å². The smallest absolute Gasteiger partial charge is 0.367 e. The van der Waals surface area contributed by atoms with Crippen molar-refractivity contribution < 1.29 is 21.6 Å². The Morgan fingerprint density at radius 1 is 1.04 bits per heavy atom. The minimum absolute atomic E-state index is 0.0616. The lowest BCUT2D eigenvalue weighted by Gasteiger charge is -2.37. The molecule has 0 bridgehead atoms. The lowest BCUT2D eigenvalue weighted by molar-refractivity contribution is -0.137.